The molecule has 1 atom stereocenters. The van der Waals surface area contributed by atoms with E-state index in [1.807, 2.05) is 37.3 Å². The summed E-state index contributed by atoms with van der Waals surface area (Å²) in [5.41, 5.74) is 1.25. The maximum Gasteiger partial charge on any atom is 0.264 e. The molecule has 5 nitrogen and oxygen atoms in total. The number of benzene rings is 2. The number of carbonyl (C=O) groups is 2. The lowest BCUT2D eigenvalue weighted by Gasteiger charge is -2.22. The number of anilines is 1. The lowest BCUT2D eigenvalue weighted by molar-refractivity contribution is -0.136. The molecular weight excluding hydrogens is 354 g/mol. The minimum Gasteiger partial charge on any atom is -0.458 e. The van der Waals surface area contributed by atoms with Crippen LogP contribution in [0.3, 0.4) is 0 Å². The Hall–Kier alpha value is -3.18. The van der Waals surface area contributed by atoms with Crippen molar-refractivity contribution in [1.82, 2.24) is 0 Å². The van der Waals surface area contributed by atoms with E-state index in [0.717, 1.165) is 11.1 Å². The van der Waals surface area contributed by atoms with Gasteiger partial charge in [-0.05, 0) is 37.6 Å². The maximum atomic E-state index is 13.2. The number of carbonyl (C=O) groups excluding carboxylic acids is 2. The average molecular weight is 375 g/mol. The highest BCUT2D eigenvalue weighted by atomic mass is 16.3. The van der Waals surface area contributed by atoms with Gasteiger partial charge in [0.1, 0.15) is 5.76 Å². The first kappa shape index (κ1) is 18.2. The van der Waals surface area contributed by atoms with Crippen LogP contribution in [0.4, 0.5) is 5.69 Å². The van der Waals surface area contributed by atoms with Crippen LogP contribution in [-0.2, 0) is 16.9 Å². The van der Waals surface area contributed by atoms with Gasteiger partial charge in [0.25, 0.3) is 5.91 Å². The molecule has 1 aliphatic rings. The van der Waals surface area contributed by atoms with E-state index < -0.39 is 17.3 Å². The minimum absolute atomic E-state index is 0.146. The molecule has 1 amide bonds. The summed E-state index contributed by atoms with van der Waals surface area (Å²) in [6.45, 7) is 4.07. The minimum atomic E-state index is -1.90. The number of fused-ring (bicyclic) bond motifs is 1. The number of ketones is 1. The van der Waals surface area contributed by atoms with Crippen molar-refractivity contribution < 1.29 is 19.1 Å². The molecule has 1 aromatic heterocycles. The van der Waals surface area contributed by atoms with Gasteiger partial charge in [-0.3, -0.25) is 9.59 Å². The molecule has 0 saturated heterocycles. The van der Waals surface area contributed by atoms with E-state index in [1.165, 1.54) is 0 Å². The highest BCUT2D eigenvalue weighted by molar-refractivity contribution is 6.10. The first-order chi connectivity index (χ1) is 13.4. The predicted octanol–water partition coefficient (Wildman–Crippen LogP) is 3.90. The molecule has 0 radical (unpaired) electrons. The second-order valence-corrected chi connectivity index (χ2v) is 7.26. The van der Waals surface area contributed by atoms with Crippen LogP contribution >= 0.6 is 0 Å². The van der Waals surface area contributed by atoms with Gasteiger partial charge in [0.05, 0.1) is 18.7 Å². The van der Waals surface area contributed by atoms with Gasteiger partial charge in [0.15, 0.2) is 11.4 Å². The number of rotatable bonds is 5. The zero-order valence-corrected chi connectivity index (χ0v) is 15.8. The smallest absolute Gasteiger partial charge is 0.264 e. The van der Waals surface area contributed by atoms with E-state index in [0.29, 0.717) is 23.6 Å². The standard InChI is InChI=1S/C23H21NO4/c1-15-7-10-17(11-8-15)14-24-19-6-4-3-5-18(19)23(27,22(24)26)13-20(25)21-12-9-16(2)28-21/h3-12,27H,13-14H2,1-2H3. The number of hydrogen-bond donors (Lipinski definition) is 1. The fourth-order valence-electron chi connectivity index (χ4n) is 3.61. The number of para-hydroxylation sites is 1. The molecule has 142 valence electrons. The highest BCUT2D eigenvalue weighted by Gasteiger charge is 2.51. The largest absolute Gasteiger partial charge is 0.458 e. The lowest BCUT2D eigenvalue weighted by atomic mass is 9.89. The van der Waals surface area contributed by atoms with Gasteiger partial charge >= 0.3 is 0 Å². The molecule has 1 N–H and O–H groups in total. The second kappa shape index (κ2) is 6.77. The Bertz CT molecular complexity index is 1050. The van der Waals surface area contributed by atoms with Crippen LogP contribution < -0.4 is 4.90 Å². The summed E-state index contributed by atoms with van der Waals surface area (Å²) < 4.78 is 5.37. The molecule has 1 aliphatic heterocycles. The third-order valence-corrected chi connectivity index (χ3v) is 5.13. The van der Waals surface area contributed by atoms with Gasteiger partial charge in [0.2, 0.25) is 5.78 Å². The third kappa shape index (κ3) is 3.04. The van der Waals surface area contributed by atoms with Gasteiger partial charge in [0, 0.05) is 5.56 Å². The highest BCUT2D eigenvalue weighted by Crippen LogP contribution is 2.43. The molecule has 2 heterocycles. The summed E-state index contributed by atoms with van der Waals surface area (Å²) in [6, 6.07) is 18.2. The predicted molar refractivity (Wildman–Crippen MR) is 105 cm³/mol. The van der Waals surface area contributed by atoms with E-state index in [2.05, 4.69) is 0 Å². The van der Waals surface area contributed by atoms with Gasteiger partial charge in [-0.25, -0.2) is 0 Å². The zero-order chi connectivity index (χ0) is 19.9. The Labute approximate surface area is 163 Å². The number of aliphatic hydroxyl groups is 1. The molecule has 4 rings (SSSR count). The van der Waals surface area contributed by atoms with Crippen molar-refractivity contribution in [2.75, 3.05) is 4.90 Å². The molecule has 0 aliphatic carbocycles. The summed E-state index contributed by atoms with van der Waals surface area (Å²) in [5, 5.41) is 11.3. The summed E-state index contributed by atoms with van der Waals surface area (Å²) in [7, 11) is 0. The Morgan fingerprint density at radius 2 is 1.75 bits per heavy atom. The van der Waals surface area contributed by atoms with Crippen molar-refractivity contribution in [2.24, 2.45) is 0 Å². The third-order valence-electron chi connectivity index (χ3n) is 5.13. The van der Waals surface area contributed by atoms with Crippen LogP contribution in [0.15, 0.2) is 65.1 Å². The quantitative estimate of drug-likeness (QED) is 0.687. The van der Waals surface area contributed by atoms with Crippen LogP contribution in [0.2, 0.25) is 0 Å². The van der Waals surface area contributed by atoms with E-state index >= 15 is 0 Å². The number of Topliss-reactive ketones (excluding diaryl/α,β-unsaturated/α-hetero) is 1. The molecule has 0 spiro atoms. The molecule has 28 heavy (non-hydrogen) atoms. The number of amides is 1. The van der Waals surface area contributed by atoms with Crippen molar-refractivity contribution >= 4 is 17.4 Å². The number of hydrogen-bond acceptors (Lipinski definition) is 4. The van der Waals surface area contributed by atoms with Crippen molar-refractivity contribution in [1.29, 1.82) is 0 Å². The monoisotopic (exact) mass is 375 g/mol. The van der Waals surface area contributed by atoms with Gasteiger partial charge in [-0.2, -0.15) is 0 Å². The lowest BCUT2D eigenvalue weighted by Crippen LogP contribution is -2.41. The van der Waals surface area contributed by atoms with Gasteiger partial charge in [-0.1, -0.05) is 48.0 Å². The topological polar surface area (TPSA) is 70.8 Å². The van der Waals surface area contributed by atoms with Gasteiger partial charge < -0.3 is 14.4 Å². The molecule has 0 saturated carbocycles. The molecular formula is C23H21NO4. The Balaban J connectivity index is 1.67. The van der Waals surface area contributed by atoms with Crippen LogP contribution in [0, 0.1) is 13.8 Å². The van der Waals surface area contributed by atoms with Crippen LogP contribution in [0.5, 0.6) is 0 Å². The Morgan fingerprint density at radius 3 is 2.43 bits per heavy atom. The number of nitrogens with zero attached hydrogens (tertiary/aromatic N) is 1. The van der Waals surface area contributed by atoms with E-state index in [4.69, 9.17) is 4.42 Å². The SMILES string of the molecule is Cc1ccc(CN2C(=O)C(O)(CC(=O)c3ccc(C)o3)c3ccccc32)cc1. The zero-order valence-electron chi connectivity index (χ0n) is 15.8. The molecule has 0 fully saturated rings. The van der Waals surface area contributed by atoms with Crippen LogP contribution in [0.1, 0.15) is 39.4 Å². The van der Waals surface area contributed by atoms with E-state index in [-0.39, 0.29) is 12.2 Å². The van der Waals surface area contributed by atoms with Crippen molar-refractivity contribution in [3.8, 4) is 0 Å². The van der Waals surface area contributed by atoms with Crippen molar-refractivity contribution in [2.45, 2.75) is 32.4 Å². The Morgan fingerprint density at radius 1 is 1.04 bits per heavy atom. The maximum absolute atomic E-state index is 13.2. The van der Waals surface area contributed by atoms with Crippen molar-refractivity contribution in [3.63, 3.8) is 0 Å². The van der Waals surface area contributed by atoms with Crippen molar-refractivity contribution in [3.05, 3.63) is 88.9 Å². The summed E-state index contributed by atoms with van der Waals surface area (Å²) in [4.78, 5) is 27.4. The summed E-state index contributed by atoms with van der Waals surface area (Å²) in [5.74, 6) is -0.149. The number of furan rings is 1. The van der Waals surface area contributed by atoms with Crippen LogP contribution in [-0.4, -0.2) is 16.8 Å². The number of aryl methyl sites for hydroxylation is 2. The van der Waals surface area contributed by atoms with Gasteiger partial charge in [-0.15, -0.1) is 0 Å². The molecule has 3 aromatic rings. The van der Waals surface area contributed by atoms with E-state index in [1.54, 1.807) is 42.2 Å². The summed E-state index contributed by atoms with van der Waals surface area (Å²) >= 11 is 0. The Kier molecular flexibility index (Phi) is 4.40. The first-order valence-electron chi connectivity index (χ1n) is 9.17. The van der Waals surface area contributed by atoms with Crippen LogP contribution in [0.25, 0.3) is 0 Å². The first-order valence-corrected chi connectivity index (χ1v) is 9.17. The molecule has 2 aromatic carbocycles. The fraction of sp³-hybridized carbons (Fsp3) is 0.217. The molecule has 5 heteroatoms. The molecule has 0 bridgehead atoms. The summed E-state index contributed by atoms with van der Waals surface area (Å²) in [6.07, 6.45) is -0.361. The molecule has 1 unspecified atom stereocenters. The average Bonchev–Trinajstić information content (AvgIpc) is 3.20. The van der Waals surface area contributed by atoms with E-state index in [9.17, 15) is 14.7 Å². The normalized spacial score (nSPS) is 18.4. The second-order valence-electron chi connectivity index (χ2n) is 7.26. The fourth-order valence-corrected chi connectivity index (χ4v) is 3.61.